The van der Waals surface area contributed by atoms with E-state index in [-0.39, 0.29) is 5.75 Å². The van der Waals surface area contributed by atoms with E-state index in [9.17, 15) is 5.11 Å². The Bertz CT molecular complexity index is 282. The molecule has 0 saturated heterocycles. The molecular weight excluding hydrogens is 152 g/mol. The molecule has 0 spiro atoms. The SMILES string of the molecule is CN(C)/N=C\c1ccccc1O. The summed E-state index contributed by atoms with van der Waals surface area (Å²) in [6.45, 7) is 0. The van der Waals surface area contributed by atoms with Crippen molar-refractivity contribution in [2.75, 3.05) is 14.1 Å². The molecule has 0 saturated carbocycles. The van der Waals surface area contributed by atoms with Gasteiger partial charge in [-0.3, -0.25) is 0 Å². The van der Waals surface area contributed by atoms with E-state index in [1.54, 1.807) is 23.4 Å². The van der Waals surface area contributed by atoms with Crippen LogP contribution in [0.5, 0.6) is 5.75 Å². The normalized spacial score (nSPS) is 10.5. The van der Waals surface area contributed by atoms with Gasteiger partial charge in [0.05, 0.1) is 6.21 Å². The molecule has 3 nitrogen and oxygen atoms in total. The van der Waals surface area contributed by atoms with Crippen molar-refractivity contribution in [2.24, 2.45) is 5.10 Å². The van der Waals surface area contributed by atoms with Crippen LogP contribution < -0.4 is 0 Å². The quantitative estimate of drug-likeness (QED) is 0.528. The van der Waals surface area contributed by atoms with Crippen LogP contribution in [0.3, 0.4) is 0 Å². The Labute approximate surface area is 71.9 Å². The van der Waals surface area contributed by atoms with Gasteiger partial charge in [0.2, 0.25) is 0 Å². The summed E-state index contributed by atoms with van der Waals surface area (Å²) in [5.41, 5.74) is 0.728. The molecule has 3 heteroatoms. The van der Waals surface area contributed by atoms with Crippen LogP contribution in [0.1, 0.15) is 5.56 Å². The molecule has 0 aliphatic rings. The highest BCUT2D eigenvalue weighted by Gasteiger charge is 1.93. The Morgan fingerprint density at radius 3 is 2.58 bits per heavy atom. The summed E-state index contributed by atoms with van der Waals surface area (Å²) in [6, 6.07) is 7.08. The minimum absolute atomic E-state index is 0.253. The van der Waals surface area contributed by atoms with E-state index in [4.69, 9.17) is 0 Å². The minimum atomic E-state index is 0.253. The second-order valence-electron chi connectivity index (χ2n) is 2.65. The lowest BCUT2D eigenvalue weighted by atomic mass is 10.2. The van der Waals surface area contributed by atoms with Crippen molar-refractivity contribution >= 4 is 6.21 Å². The second kappa shape index (κ2) is 3.76. The van der Waals surface area contributed by atoms with E-state index in [0.717, 1.165) is 5.56 Å². The fourth-order valence-electron chi connectivity index (χ4n) is 0.774. The van der Waals surface area contributed by atoms with Gasteiger partial charge in [-0.05, 0) is 12.1 Å². The van der Waals surface area contributed by atoms with Crippen molar-refractivity contribution in [3.05, 3.63) is 29.8 Å². The number of hydrazone groups is 1. The Balaban J connectivity index is 2.82. The van der Waals surface area contributed by atoms with E-state index in [2.05, 4.69) is 5.10 Å². The van der Waals surface area contributed by atoms with Gasteiger partial charge in [-0.1, -0.05) is 12.1 Å². The topological polar surface area (TPSA) is 35.8 Å². The van der Waals surface area contributed by atoms with Gasteiger partial charge in [0.25, 0.3) is 0 Å². The third kappa shape index (κ3) is 2.27. The van der Waals surface area contributed by atoms with Crippen LogP contribution in [0.25, 0.3) is 0 Å². The predicted octanol–water partition coefficient (Wildman–Crippen LogP) is 1.29. The summed E-state index contributed by atoms with van der Waals surface area (Å²) >= 11 is 0. The molecule has 1 rings (SSSR count). The third-order valence-electron chi connectivity index (χ3n) is 1.36. The molecule has 0 atom stereocenters. The van der Waals surface area contributed by atoms with Gasteiger partial charge in [-0.25, -0.2) is 0 Å². The van der Waals surface area contributed by atoms with E-state index < -0.39 is 0 Å². The fraction of sp³-hybridized carbons (Fsp3) is 0.222. The Morgan fingerprint density at radius 1 is 1.33 bits per heavy atom. The molecule has 1 aromatic carbocycles. The summed E-state index contributed by atoms with van der Waals surface area (Å²) in [6.07, 6.45) is 1.62. The number of phenolic OH excluding ortho intramolecular Hbond substituents is 1. The number of hydrogen-bond donors (Lipinski definition) is 1. The molecule has 0 aromatic heterocycles. The highest BCUT2D eigenvalue weighted by atomic mass is 16.3. The molecule has 64 valence electrons. The first-order valence-corrected chi connectivity index (χ1v) is 3.69. The van der Waals surface area contributed by atoms with Crippen LogP contribution in [-0.4, -0.2) is 30.4 Å². The number of aromatic hydroxyl groups is 1. The van der Waals surface area contributed by atoms with Gasteiger partial charge in [0.15, 0.2) is 0 Å². The standard InChI is InChI=1S/C9H12N2O/c1-11(2)10-7-8-5-3-4-6-9(8)12/h3-7,12H,1-2H3/b10-7-. The number of hydrogen-bond acceptors (Lipinski definition) is 3. The molecule has 0 fully saturated rings. The molecule has 0 unspecified atom stereocenters. The second-order valence-corrected chi connectivity index (χ2v) is 2.65. The molecule has 1 aromatic rings. The lowest BCUT2D eigenvalue weighted by Gasteiger charge is -2.02. The smallest absolute Gasteiger partial charge is 0.124 e. The zero-order chi connectivity index (χ0) is 8.97. The highest BCUT2D eigenvalue weighted by Crippen LogP contribution is 2.12. The first-order chi connectivity index (χ1) is 5.70. The van der Waals surface area contributed by atoms with Crippen LogP contribution in [0.2, 0.25) is 0 Å². The zero-order valence-corrected chi connectivity index (χ0v) is 7.23. The van der Waals surface area contributed by atoms with Gasteiger partial charge in [0, 0.05) is 19.7 Å². The average molecular weight is 164 g/mol. The van der Waals surface area contributed by atoms with Crippen molar-refractivity contribution in [3.63, 3.8) is 0 Å². The molecule has 1 N–H and O–H groups in total. The van der Waals surface area contributed by atoms with Crippen LogP contribution in [0, 0.1) is 0 Å². The van der Waals surface area contributed by atoms with Crippen LogP contribution in [-0.2, 0) is 0 Å². The summed E-state index contributed by atoms with van der Waals surface area (Å²) in [4.78, 5) is 0. The molecular formula is C9H12N2O. The van der Waals surface area contributed by atoms with Crippen molar-refractivity contribution in [3.8, 4) is 5.75 Å². The van der Waals surface area contributed by atoms with Crippen molar-refractivity contribution in [2.45, 2.75) is 0 Å². The van der Waals surface area contributed by atoms with Crippen LogP contribution in [0.4, 0.5) is 0 Å². The molecule has 0 aliphatic carbocycles. The number of nitrogens with zero attached hydrogens (tertiary/aromatic N) is 2. The van der Waals surface area contributed by atoms with Gasteiger partial charge >= 0.3 is 0 Å². The maximum Gasteiger partial charge on any atom is 0.124 e. The summed E-state index contributed by atoms with van der Waals surface area (Å²) in [7, 11) is 3.66. The summed E-state index contributed by atoms with van der Waals surface area (Å²) < 4.78 is 0. The first kappa shape index (κ1) is 8.59. The Kier molecular flexibility index (Phi) is 2.69. The zero-order valence-electron chi connectivity index (χ0n) is 7.23. The summed E-state index contributed by atoms with van der Waals surface area (Å²) in [5.74, 6) is 0.253. The fourth-order valence-corrected chi connectivity index (χ4v) is 0.774. The Morgan fingerprint density at radius 2 is 2.00 bits per heavy atom. The van der Waals surface area contributed by atoms with Crippen LogP contribution in [0.15, 0.2) is 29.4 Å². The van der Waals surface area contributed by atoms with Crippen molar-refractivity contribution in [1.82, 2.24) is 5.01 Å². The molecule has 0 heterocycles. The van der Waals surface area contributed by atoms with E-state index in [1.165, 1.54) is 0 Å². The number of para-hydroxylation sites is 1. The lowest BCUT2D eigenvalue weighted by molar-refractivity contribution is 0.439. The maximum atomic E-state index is 9.31. The van der Waals surface area contributed by atoms with E-state index >= 15 is 0 Å². The first-order valence-electron chi connectivity index (χ1n) is 3.69. The van der Waals surface area contributed by atoms with E-state index in [1.807, 2.05) is 26.2 Å². The number of benzene rings is 1. The summed E-state index contributed by atoms with van der Waals surface area (Å²) in [5, 5.41) is 15.0. The predicted molar refractivity (Wildman–Crippen MR) is 49.4 cm³/mol. The maximum absolute atomic E-state index is 9.31. The van der Waals surface area contributed by atoms with Gasteiger partial charge in [0.1, 0.15) is 5.75 Å². The van der Waals surface area contributed by atoms with E-state index in [0.29, 0.717) is 0 Å². The molecule has 12 heavy (non-hydrogen) atoms. The average Bonchev–Trinajstić information content (AvgIpc) is 2.03. The lowest BCUT2D eigenvalue weighted by Crippen LogP contribution is -2.01. The number of rotatable bonds is 2. The van der Waals surface area contributed by atoms with Gasteiger partial charge in [-0.2, -0.15) is 5.10 Å². The molecule has 0 amide bonds. The van der Waals surface area contributed by atoms with Crippen LogP contribution >= 0.6 is 0 Å². The highest BCUT2D eigenvalue weighted by molar-refractivity contribution is 5.82. The molecule has 0 bridgehead atoms. The molecule has 0 aliphatic heterocycles. The monoisotopic (exact) mass is 164 g/mol. The largest absolute Gasteiger partial charge is 0.507 e. The molecule has 0 radical (unpaired) electrons. The van der Waals surface area contributed by atoms with Gasteiger partial charge < -0.3 is 10.1 Å². The Hall–Kier alpha value is -1.51. The minimum Gasteiger partial charge on any atom is -0.507 e. The van der Waals surface area contributed by atoms with Crippen molar-refractivity contribution in [1.29, 1.82) is 0 Å². The third-order valence-corrected chi connectivity index (χ3v) is 1.36. The van der Waals surface area contributed by atoms with Gasteiger partial charge in [-0.15, -0.1) is 0 Å². The number of phenols is 1. The van der Waals surface area contributed by atoms with Crippen molar-refractivity contribution < 1.29 is 5.11 Å².